The number of ether oxygens (including phenoxy) is 1. The van der Waals surface area contributed by atoms with E-state index in [0.717, 1.165) is 17.2 Å². The third-order valence-corrected chi connectivity index (χ3v) is 3.26. The molecule has 1 aromatic carbocycles. The molecular formula is C14H18FN3O. The number of nitrogens with two attached hydrogens (primary N) is 1. The zero-order valence-electron chi connectivity index (χ0n) is 11.4. The topological polar surface area (TPSA) is 53.1 Å². The van der Waals surface area contributed by atoms with Crippen LogP contribution in [-0.2, 0) is 13.5 Å². The fourth-order valence-electron chi connectivity index (χ4n) is 2.11. The van der Waals surface area contributed by atoms with Crippen LogP contribution in [0.25, 0.3) is 11.3 Å². The van der Waals surface area contributed by atoms with Crippen LogP contribution in [0.3, 0.4) is 0 Å². The van der Waals surface area contributed by atoms with Gasteiger partial charge in [0.1, 0.15) is 17.4 Å². The third-order valence-electron chi connectivity index (χ3n) is 3.26. The highest BCUT2D eigenvalue weighted by molar-refractivity contribution is 5.69. The van der Waals surface area contributed by atoms with Gasteiger partial charge in [0.25, 0.3) is 0 Å². The molecular weight excluding hydrogens is 245 g/mol. The highest BCUT2D eigenvalue weighted by atomic mass is 19.1. The monoisotopic (exact) mass is 263 g/mol. The minimum absolute atomic E-state index is 0.304. The maximum Gasteiger partial charge on any atom is 0.128 e. The van der Waals surface area contributed by atoms with Gasteiger partial charge in [-0.05, 0) is 31.7 Å². The van der Waals surface area contributed by atoms with E-state index in [1.165, 1.54) is 12.1 Å². The molecule has 0 aliphatic rings. The molecule has 0 radical (unpaired) electrons. The van der Waals surface area contributed by atoms with E-state index in [2.05, 4.69) is 4.98 Å². The van der Waals surface area contributed by atoms with Gasteiger partial charge in [0.15, 0.2) is 0 Å². The van der Waals surface area contributed by atoms with Crippen LogP contribution in [0.2, 0.25) is 0 Å². The van der Waals surface area contributed by atoms with E-state index in [1.54, 1.807) is 13.2 Å². The molecule has 0 spiro atoms. The molecule has 0 saturated carbocycles. The third kappa shape index (κ3) is 2.46. The molecule has 5 heteroatoms. The maximum atomic E-state index is 13.4. The summed E-state index contributed by atoms with van der Waals surface area (Å²) in [5.41, 5.74) is 7.94. The van der Waals surface area contributed by atoms with E-state index >= 15 is 0 Å². The molecule has 2 rings (SSSR count). The zero-order chi connectivity index (χ0) is 14.0. The van der Waals surface area contributed by atoms with Gasteiger partial charge in [-0.15, -0.1) is 0 Å². The van der Waals surface area contributed by atoms with E-state index in [4.69, 9.17) is 10.5 Å². The molecule has 0 unspecified atom stereocenters. The van der Waals surface area contributed by atoms with E-state index in [0.29, 0.717) is 24.3 Å². The zero-order valence-corrected chi connectivity index (χ0v) is 11.4. The number of halogens is 1. The minimum Gasteiger partial charge on any atom is -0.496 e. The molecule has 19 heavy (non-hydrogen) atoms. The summed E-state index contributed by atoms with van der Waals surface area (Å²) in [6, 6.07) is 4.43. The lowest BCUT2D eigenvalue weighted by molar-refractivity contribution is 0.415. The summed E-state index contributed by atoms with van der Waals surface area (Å²) >= 11 is 0. The van der Waals surface area contributed by atoms with E-state index in [-0.39, 0.29) is 5.82 Å². The highest BCUT2D eigenvalue weighted by Crippen LogP contribution is 2.32. The van der Waals surface area contributed by atoms with Gasteiger partial charge >= 0.3 is 0 Å². The molecule has 4 nitrogen and oxygen atoms in total. The number of rotatable bonds is 4. The van der Waals surface area contributed by atoms with Crippen molar-refractivity contribution in [1.82, 2.24) is 9.55 Å². The summed E-state index contributed by atoms with van der Waals surface area (Å²) < 4.78 is 20.7. The SMILES string of the molecule is COc1ccc(F)cc1-c1nc(CCN)n(C)c1C. The van der Waals surface area contributed by atoms with Gasteiger partial charge in [-0.2, -0.15) is 0 Å². The van der Waals surface area contributed by atoms with Gasteiger partial charge in [-0.1, -0.05) is 0 Å². The van der Waals surface area contributed by atoms with Crippen LogP contribution in [0.4, 0.5) is 4.39 Å². The summed E-state index contributed by atoms with van der Waals surface area (Å²) in [5, 5.41) is 0. The molecule has 102 valence electrons. The first-order valence-electron chi connectivity index (χ1n) is 6.14. The summed E-state index contributed by atoms with van der Waals surface area (Å²) in [7, 11) is 3.50. The molecule has 0 amide bonds. The molecule has 2 aromatic rings. The van der Waals surface area contributed by atoms with Crippen molar-refractivity contribution in [3.63, 3.8) is 0 Å². The van der Waals surface area contributed by atoms with Crippen LogP contribution >= 0.6 is 0 Å². The fourth-order valence-corrected chi connectivity index (χ4v) is 2.11. The van der Waals surface area contributed by atoms with Crippen molar-refractivity contribution >= 4 is 0 Å². The Morgan fingerprint density at radius 2 is 2.16 bits per heavy atom. The average Bonchev–Trinajstić information content (AvgIpc) is 2.67. The first kappa shape index (κ1) is 13.5. The molecule has 0 aliphatic carbocycles. The molecule has 1 aromatic heterocycles. The van der Waals surface area contributed by atoms with Crippen LogP contribution < -0.4 is 10.5 Å². The first-order chi connectivity index (χ1) is 9.08. The normalized spacial score (nSPS) is 10.8. The number of hydrogen-bond acceptors (Lipinski definition) is 3. The largest absolute Gasteiger partial charge is 0.496 e. The average molecular weight is 263 g/mol. The van der Waals surface area contributed by atoms with Crippen LogP contribution in [0, 0.1) is 12.7 Å². The Bertz CT molecular complexity index is 593. The molecule has 0 saturated heterocycles. The molecule has 0 aliphatic heterocycles. The number of methoxy groups -OCH3 is 1. The second kappa shape index (κ2) is 5.40. The van der Waals surface area contributed by atoms with Crippen molar-refractivity contribution in [2.45, 2.75) is 13.3 Å². The number of hydrogen-bond donors (Lipinski definition) is 1. The Morgan fingerprint density at radius 3 is 2.79 bits per heavy atom. The Morgan fingerprint density at radius 1 is 1.42 bits per heavy atom. The van der Waals surface area contributed by atoms with Gasteiger partial charge < -0.3 is 15.0 Å². The summed E-state index contributed by atoms with van der Waals surface area (Å²) in [5.74, 6) is 1.20. The van der Waals surface area contributed by atoms with E-state index < -0.39 is 0 Å². The second-order valence-electron chi connectivity index (χ2n) is 4.40. The van der Waals surface area contributed by atoms with Crippen LogP contribution in [-0.4, -0.2) is 23.2 Å². The molecule has 1 heterocycles. The van der Waals surface area contributed by atoms with Crippen LogP contribution in [0.5, 0.6) is 5.75 Å². The van der Waals surface area contributed by atoms with E-state index in [1.807, 2.05) is 18.5 Å². The predicted molar refractivity (Wildman–Crippen MR) is 72.6 cm³/mol. The first-order valence-corrected chi connectivity index (χ1v) is 6.14. The smallest absolute Gasteiger partial charge is 0.128 e. The van der Waals surface area contributed by atoms with Crippen molar-refractivity contribution in [2.24, 2.45) is 12.8 Å². The standard InChI is InChI=1S/C14H18FN3O/c1-9-14(17-13(6-7-16)18(9)2)11-8-10(15)4-5-12(11)19-3/h4-5,8H,6-7,16H2,1-3H3. The Balaban J connectivity index is 2.58. The van der Waals surface area contributed by atoms with Gasteiger partial charge in [0, 0.05) is 24.7 Å². The Hall–Kier alpha value is -1.88. The lowest BCUT2D eigenvalue weighted by atomic mass is 10.1. The van der Waals surface area contributed by atoms with Gasteiger partial charge in [-0.3, -0.25) is 0 Å². The lowest BCUT2D eigenvalue weighted by Gasteiger charge is -2.07. The summed E-state index contributed by atoms with van der Waals surface area (Å²) in [6.07, 6.45) is 0.689. The molecule has 2 N–H and O–H groups in total. The van der Waals surface area contributed by atoms with Crippen molar-refractivity contribution < 1.29 is 9.13 Å². The van der Waals surface area contributed by atoms with Gasteiger partial charge in [0.2, 0.25) is 0 Å². The quantitative estimate of drug-likeness (QED) is 0.918. The van der Waals surface area contributed by atoms with Crippen molar-refractivity contribution in [3.8, 4) is 17.0 Å². The molecule has 0 atom stereocenters. The maximum absolute atomic E-state index is 13.4. The van der Waals surface area contributed by atoms with Crippen LogP contribution in [0.15, 0.2) is 18.2 Å². The number of aromatic nitrogens is 2. The number of benzene rings is 1. The van der Waals surface area contributed by atoms with Crippen LogP contribution in [0.1, 0.15) is 11.5 Å². The van der Waals surface area contributed by atoms with Crippen molar-refractivity contribution in [2.75, 3.05) is 13.7 Å². The molecule has 0 bridgehead atoms. The fraction of sp³-hybridized carbons (Fsp3) is 0.357. The summed E-state index contributed by atoms with van der Waals surface area (Å²) in [6.45, 7) is 2.48. The lowest BCUT2D eigenvalue weighted by Crippen LogP contribution is -2.08. The van der Waals surface area contributed by atoms with Gasteiger partial charge in [-0.25, -0.2) is 9.37 Å². The van der Waals surface area contributed by atoms with Gasteiger partial charge in [0.05, 0.1) is 12.8 Å². The Labute approximate surface area is 112 Å². The second-order valence-corrected chi connectivity index (χ2v) is 4.40. The van der Waals surface area contributed by atoms with E-state index in [9.17, 15) is 4.39 Å². The van der Waals surface area contributed by atoms with Crippen molar-refractivity contribution in [3.05, 3.63) is 35.5 Å². The minimum atomic E-state index is -0.304. The highest BCUT2D eigenvalue weighted by Gasteiger charge is 2.16. The van der Waals surface area contributed by atoms with Crippen molar-refractivity contribution in [1.29, 1.82) is 0 Å². The Kier molecular flexibility index (Phi) is 3.85. The predicted octanol–water partition coefficient (Wildman–Crippen LogP) is 2.04. The molecule has 0 fully saturated rings. The summed E-state index contributed by atoms with van der Waals surface area (Å²) in [4.78, 5) is 4.56. The number of imidazole rings is 1. The number of nitrogens with zero attached hydrogens (tertiary/aromatic N) is 2.